The summed E-state index contributed by atoms with van der Waals surface area (Å²) in [5.41, 5.74) is 1.66. The van der Waals surface area contributed by atoms with Crippen molar-refractivity contribution in [3.05, 3.63) is 32.2 Å². The van der Waals surface area contributed by atoms with Crippen LogP contribution in [0.25, 0.3) is 0 Å². The molecule has 2 aliphatic rings. The molecule has 0 saturated carbocycles. The van der Waals surface area contributed by atoms with Crippen molar-refractivity contribution in [1.29, 1.82) is 0 Å². The Kier molecular flexibility index (Phi) is 4.38. The lowest BCUT2D eigenvalue weighted by Crippen LogP contribution is -2.50. The molecule has 2 aliphatic heterocycles. The van der Waals surface area contributed by atoms with Gasteiger partial charge in [0.25, 0.3) is 5.91 Å². The monoisotopic (exact) mass is 364 g/mol. The van der Waals surface area contributed by atoms with Gasteiger partial charge in [-0.2, -0.15) is 0 Å². The molecule has 2 saturated heterocycles. The highest BCUT2D eigenvalue weighted by Gasteiger charge is 2.42. The summed E-state index contributed by atoms with van der Waals surface area (Å²) in [5.74, 6) is 0.0156. The van der Waals surface area contributed by atoms with Crippen molar-refractivity contribution in [2.75, 3.05) is 26.2 Å². The number of ether oxygens (including phenoxy) is 1. The lowest BCUT2D eigenvalue weighted by Gasteiger charge is -2.36. The zero-order valence-corrected chi connectivity index (χ0v) is 15.4. The molecule has 128 valence electrons. The summed E-state index contributed by atoms with van der Waals surface area (Å²) in [6.07, 6.45) is 0.0853. The lowest BCUT2D eigenvalue weighted by atomic mass is 10.1. The Morgan fingerprint density at radius 3 is 2.75 bits per heavy atom. The third-order valence-electron chi connectivity index (χ3n) is 4.57. The molecule has 2 aromatic heterocycles. The zero-order chi connectivity index (χ0) is 16.7. The molecule has 0 N–H and O–H groups in total. The van der Waals surface area contributed by atoms with Crippen LogP contribution in [0.3, 0.4) is 0 Å². The van der Waals surface area contributed by atoms with Crippen LogP contribution in [-0.4, -0.2) is 64.1 Å². The predicted octanol–water partition coefficient (Wildman–Crippen LogP) is 1.94. The minimum absolute atomic E-state index is 0.0156. The predicted molar refractivity (Wildman–Crippen MR) is 93.5 cm³/mol. The number of fused-ring (bicyclic) bond motifs is 1. The van der Waals surface area contributed by atoms with E-state index in [1.165, 1.54) is 11.3 Å². The molecule has 2 atom stereocenters. The van der Waals surface area contributed by atoms with Crippen LogP contribution in [0, 0.1) is 13.8 Å². The van der Waals surface area contributed by atoms with E-state index >= 15 is 0 Å². The second-order valence-electron chi connectivity index (χ2n) is 6.27. The molecule has 0 bridgehead atoms. The molecule has 1 amide bonds. The summed E-state index contributed by atoms with van der Waals surface area (Å²) >= 11 is 3.20. The van der Waals surface area contributed by atoms with Gasteiger partial charge >= 0.3 is 0 Å². The number of carbonyl (C=O) groups is 1. The molecule has 0 aliphatic carbocycles. The van der Waals surface area contributed by atoms with E-state index < -0.39 is 0 Å². The third kappa shape index (κ3) is 3.11. The number of thiazole rings is 2. The molecular formula is C16H20N4O2S2. The molecule has 6 nitrogen and oxygen atoms in total. The maximum Gasteiger partial charge on any atom is 0.273 e. The smallest absolute Gasteiger partial charge is 0.273 e. The average Bonchev–Trinajstić information content (AvgIpc) is 3.27. The Balaban J connectivity index is 1.46. The topological polar surface area (TPSA) is 58.6 Å². The highest BCUT2D eigenvalue weighted by Crippen LogP contribution is 2.26. The zero-order valence-electron chi connectivity index (χ0n) is 13.8. The second-order valence-corrected chi connectivity index (χ2v) is 8.39. The van der Waals surface area contributed by atoms with Gasteiger partial charge in [0.2, 0.25) is 0 Å². The molecule has 4 heterocycles. The van der Waals surface area contributed by atoms with Crippen molar-refractivity contribution >= 4 is 28.6 Å². The second kappa shape index (κ2) is 6.51. The first-order valence-electron chi connectivity index (χ1n) is 8.08. The molecule has 24 heavy (non-hydrogen) atoms. The van der Waals surface area contributed by atoms with Crippen molar-refractivity contribution in [3.63, 3.8) is 0 Å². The van der Waals surface area contributed by atoms with Crippen molar-refractivity contribution in [2.45, 2.75) is 32.5 Å². The first-order valence-corrected chi connectivity index (χ1v) is 9.84. The quantitative estimate of drug-likeness (QED) is 0.833. The Morgan fingerprint density at radius 2 is 2.04 bits per heavy atom. The van der Waals surface area contributed by atoms with E-state index in [1.54, 1.807) is 11.3 Å². The van der Waals surface area contributed by atoms with Crippen molar-refractivity contribution in [3.8, 4) is 0 Å². The van der Waals surface area contributed by atoms with Crippen LogP contribution in [0.5, 0.6) is 0 Å². The summed E-state index contributed by atoms with van der Waals surface area (Å²) in [4.78, 5) is 25.8. The third-order valence-corrected chi connectivity index (χ3v) is 6.17. The van der Waals surface area contributed by atoms with Crippen molar-refractivity contribution in [1.82, 2.24) is 19.8 Å². The first-order chi connectivity index (χ1) is 11.6. The van der Waals surface area contributed by atoms with Gasteiger partial charge in [0.15, 0.2) is 0 Å². The summed E-state index contributed by atoms with van der Waals surface area (Å²) in [5, 5.41) is 5.98. The highest BCUT2D eigenvalue weighted by molar-refractivity contribution is 7.09. The van der Waals surface area contributed by atoms with E-state index in [0.717, 1.165) is 28.8 Å². The van der Waals surface area contributed by atoms with Crippen molar-refractivity contribution < 1.29 is 9.53 Å². The number of likely N-dealkylation sites (tertiary alicyclic amines) is 1. The van der Waals surface area contributed by atoms with E-state index in [2.05, 4.69) is 20.2 Å². The molecule has 0 radical (unpaired) electrons. The summed E-state index contributed by atoms with van der Waals surface area (Å²) in [6.45, 7) is 7.72. The van der Waals surface area contributed by atoms with Gasteiger partial charge in [0.05, 0.1) is 34.5 Å². The first kappa shape index (κ1) is 16.1. The number of hydrogen-bond donors (Lipinski definition) is 0. The van der Waals surface area contributed by atoms with Gasteiger partial charge in [-0.15, -0.1) is 22.7 Å². The number of nitrogens with zero attached hydrogens (tertiary/aromatic N) is 4. The number of amides is 1. The van der Waals surface area contributed by atoms with E-state index in [1.807, 2.05) is 24.1 Å². The number of aryl methyl sites for hydroxylation is 2. The largest absolute Gasteiger partial charge is 0.373 e. The minimum atomic E-state index is 0.0156. The Labute approximate surface area is 149 Å². The van der Waals surface area contributed by atoms with E-state index in [4.69, 9.17) is 4.74 Å². The fraction of sp³-hybridized carbons (Fsp3) is 0.562. The van der Waals surface area contributed by atoms with E-state index in [9.17, 15) is 4.79 Å². The minimum Gasteiger partial charge on any atom is -0.373 e. The molecule has 0 unspecified atom stereocenters. The van der Waals surface area contributed by atoms with Crippen LogP contribution < -0.4 is 0 Å². The van der Waals surface area contributed by atoms with Crippen LogP contribution in [0.1, 0.15) is 26.2 Å². The van der Waals surface area contributed by atoms with Gasteiger partial charge in [-0.1, -0.05) is 0 Å². The van der Waals surface area contributed by atoms with Crippen LogP contribution >= 0.6 is 22.7 Å². The number of morpholine rings is 1. The van der Waals surface area contributed by atoms with Crippen LogP contribution in [0.4, 0.5) is 0 Å². The standard InChI is InChI=1S/C16H20N4O2S2/c1-10-17-12(8-23-10)5-19-3-4-22-15-7-20(6-14(15)19)16(21)13-9-24-11(2)18-13/h8-9,14-15H,3-7H2,1-2H3/t14-,15+/m1/s1. The normalized spacial score (nSPS) is 24.3. The Bertz CT molecular complexity index is 744. The molecule has 0 spiro atoms. The Hall–Kier alpha value is -1.35. The molecule has 2 fully saturated rings. The summed E-state index contributed by atoms with van der Waals surface area (Å²) < 4.78 is 5.93. The molecule has 4 rings (SSSR count). The number of rotatable bonds is 3. The van der Waals surface area contributed by atoms with Gasteiger partial charge in [-0.3, -0.25) is 9.69 Å². The summed E-state index contributed by atoms with van der Waals surface area (Å²) in [6, 6.07) is 0.240. The van der Waals surface area contributed by atoms with Gasteiger partial charge in [-0.05, 0) is 13.8 Å². The van der Waals surface area contributed by atoms with Gasteiger partial charge in [0, 0.05) is 36.9 Å². The van der Waals surface area contributed by atoms with Gasteiger partial charge in [-0.25, -0.2) is 9.97 Å². The van der Waals surface area contributed by atoms with E-state index in [-0.39, 0.29) is 18.1 Å². The Morgan fingerprint density at radius 1 is 1.25 bits per heavy atom. The number of aromatic nitrogens is 2. The fourth-order valence-electron chi connectivity index (χ4n) is 3.43. The van der Waals surface area contributed by atoms with Gasteiger partial charge in [0.1, 0.15) is 5.69 Å². The van der Waals surface area contributed by atoms with Crippen LogP contribution in [0.2, 0.25) is 0 Å². The molecule has 8 heteroatoms. The number of carbonyl (C=O) groups excluding carboxylic acids is 1. The highest BCUT2D eigenvalue weighted by atomic mass is 32.1. The summed E-state index contributed by atoms with van der Waals surface area (Å²) in [7, 11) is 0. The van der Waals surface area contributed by atoms with Crippen molar-refractivity contribution in [2.24, 2.45) is 0 Å². The average molecular weight is 364 g/mol. The molecular weight excluding hydrogens is 344 g/mol. The molecule has 0 aromatic carbocycles. The molecule has 2 aromatic rings. The fourth-order valence-corrected chi connectivity index (χ4v) is 4.62. The number of hydrogen-bond acceptors (Lipinski definition) is 7. The maximum absolute atomic E-state index is 12.7. The lowest BCUT2D eigenvalue weighted by molar-refractivity contribution is -0.0507. The SMILES string of the molecule is Cc1nc(CN2CCO[C@H]3CN(C(=O)c4csc(C)n4)C[C@H]32)cs1. The van der Waals surface area contributed by atoms with Crippen LogP contribution in [0.15, 0.2) is 10.8 Å². The van der Waals surface area contributed by atoms with Crippen LogP contribution in [-0.2, 0) is 11.3 Å². The maximum atomic E-state index is 12.7. The van der Waals surface area contributed by atoms with Gasteiger partial charge < -0.3 is 9.64 Å². The van der Waals surface area contributed by atoms with E-state index in [0.29, 0.717) is 25.4 Å².